The summed E-state index contributed by atoms with van der Waals surface area (Å²) in [5, 5.41) is 0. The zero-order valence-electron chi connectivity index (χ0n) is 17.8. The van der Waals surface area contributed by atoms with Crippen LogP contribution in [0.5, 0.6) is 5.75 Å². The molecule has 3 heterocycles. The minimum absolute atomic E-state index is 0.314. The lowest BCUT2D eigenvalue weighted by Crippen LogP contribution is -2.31. The summed E-state index contributed by atoms with van der Waals surface area (Å²) in [7, 11) is 6.00. The van der Waals surface area contributed by atoms with Gasteiger partial charge in [-0.25, -0.2) is 0 Å². The van der Waals surface area contributed by atoms with Crippen LogP contribution in [-0.2, 0) is 11.3 Å². The lowest BCUT2D eigenvalue weighted by molar-refractivity contribution is 0.114. The summed E-state index contributed by atoms with van der Waals surface area (Å²) in [6, 6.07) is 12.8. The second kappa shape index (κ2) is 10.8. The predicted octanol–water partition coefficient (Wildman–Crippen LogP) is 3.83. The Balaban J connectivity index is 1.17. The number of anilines is 1. The number of ether oxygens (including phenoxy) is 2. The second-order valence-corrected chi connectivity index (χ2v) is 8.50. The van der Waals surface area contributed by atoms with Gasteiger partial charge in [0.1, 0.15) is 12.4 Å². The smallest absolute Gasteiger partial charge is 0.183 e. The molecule has 0 spiro atoms. The zero-order valence-corrected chi connectivity index (χ0v) is 17.8. The Morgan fingerprint density at radius 1 is 1.10 bits per heavy atom. The molecule has 2 fully saturated rings. The van der Waals surface area contributed by atoms with Crippen LogP contribution < -0.4 is 9.64 Å². The van der Waals surface area contributed by atoms with Crippen molar-refractivity contribution in [2.75, 3.05) is 37.7 Å². The normalized spacial score (nSPS) is 21.9. The molecular weight excluding hydrogens is 373 g/mol. The molecule has 2 atom stereocenters. The van der Waals surface area contributed by atoms with Crippen molar-refractivity contribution in [3.8, 4) is 5.75 Å². The Bertz CT molecular complexity index is 776. The molecule has 0 unspecified atom stereocenters. The van der Waals surface area contributed by atoms with E-state index in [2.05, 4.69) is 40.2 Å². The van der Waals surface area contributed by atoms with Crippen molar-refractivity contribution in [2.24, 2.45) is 5.92 Å². The summed E-state index contributed by atoms with van der Waals surface area (Å²) in [6.07, 6.45) is 9.56. The maximum Gasteiger partial charge on any atom is 0.183 e. The summed E-state index contributed by atoms with van der Waals surface area (Å²) >= 11 is 0. The van der Waals surface area contributed by atoms with Crippen LogP contribution in [0, 0.1) is 5.92 Å². The van der Waals surface area contributed by atoms with Crippen LogP contribution in [0.1, 0.15) is 37.7 Å². The fourth-order valence-corrected chi connectivity index (χ4v) is 4.43. The van der Waals surface area contributed by atoms with E-state index in [-0.39, 0.29) is 0 Å². The molecule has 5 nitrogen and oxygen atoms in total. The van der Waals surface area contributed by atoms with Crippen molar-refractivity contribution < 1.29 is 9.47 Å². The number of aromatic nitrogens is 1. The molecule has 0 saturated carbocycles. The maximum atomic E-state index is 6.00. The van der Waals surface area contributed by atoms with E-state index in [1.807, 2.05) is 17.1 Å². The fraction of sp³-hybridized carbons (Fsp3) is 0.542. The lowest BCUT2D eigenvalue weighted by atomic mass is 10.0. The summed E-state index contributed by atoms with van der Waals surface area (Å²) in [4.78, 5) is 8.73. The number of pyridine rings is 1. The summed E-state index contributed by atoms with van der Waals surface area (Å²) in [6.45, 7) is 5.30. The molecule has 158 valence electrons. The maximum absolute atomic E-state index is 6.00. The average molecular weight is 405 g/mol. The van der Waals surface area contributed by atoms with Crippen molar-refractivity contribution in [1.82, 2.24) is 9.79 Å². The van der Waals surface area contributed by atoms with Crippen LogP contribution >= 0.6 is 0 Å². The predicted molar refractivity (Wildman–Crippen MR) is 121 cm³/mol. The van der Waals surface area contributed by atoms with Crippen LogP contribution in [0.15, 0.2) is 48.8 Å². The van der Waals surface area contributed by atoms with Crippen molar-refractivity contribution in [1.29, 1.82) is 0 Å². The molecule has 1 aromatic carbocycles. The van der Waals surface area contributed by atoms with Crippen LogP contribution in [0.4, 0.5) is 5.69 Å². The minimum atomic E-state index is 0.314. The molecule has 2 aliphatic heterocycles. The molecule has 0 bridgehead atoms. The van der Waals surface area contributed by atoms with E-state index >= 15 is 0 Å². The summed E-state index contributed by atoms with van der Waals surface area (Å²) in [5.41, 5.74) is 2.40. The third-order valence-electron chi connectivity index (χ3n) is 6.23. The summed E-state index contributed by atoms with van der Waals surface area (Å²) in [5.74, 6) is 1.56. The monoisotopic (exact) mass is 405 g/mol. The van der Waals surface area contributed by atoms with Crippen molar-refractivity contribution in [3.05, 3.63) is 54.4 Å². The molecular formula is C24H32BN3O2. The minimum Gasteiger partial charge on any atom is -0.490 e. The fourth-order valence-electron chi connectivity index (χ4n) is 4.43. The summed E-state index contributed by atoms with van der Waals surface area (Å²) < 4.78 is 11.8. The molecule has 2 aliphatic rings. The Labute approximate surface area is 181 Å². The Morgan fingerprint density at radius 3 is 2.83 bits per heavy atom. The highest BCUT2D eigenvalue weighted by molar-refractivity contribution is 6.04. The SMILES string of the molecule is [B]N1CCC[C@H]1COc1cncc(N2CC[C@@H](CCCOCc3ccccc3)C2)c1. The van der Waals surface area contributed by atoms with E-state index in [1.54, 1.807) is 6.20 Å². The molecule has 6 heteroatoms. The van der Waals surface area contributed by atoms with Gasteiger partial charge in [-0.05, 0) is 50.1 Å². The molecule has 2 saturated heterocycles. The Morgan fingerprint density at radius 2 is 2.00 bits per heavy atom. The van der Waals surface area contributed by atoms with Crippen LogP contribution in [-0.4, -0.2) is 56.7 Å². The van der Waals surface area contributed by atoms with Gasteiger partial charge >= 0.3 is 0 Å². The van der Waals surface area contributed by atoms with Crippen LogP contribution in [0.2, 0.25) is 0 Å². The number of hydrogen-bond donors (Lipinski definition) is 0. The van der Waals surface area contributed by atoms with E-state index in [1.165, 1.54) is 18.4 Å². The van der Waals surface area contributed by atoms with Crippen LogP contribution in [0.25, 0.3) is 0 Å². The first-order valence-electron chi connectivity index (χ1n) is 11.2. The quantitative estimate of drug-likeness (QED) is 0.444. The van der Waals surface area contributed by atoms with Gasteiger partial charge in [-0.15, -0.1) is 0 Å². The van der Waals surface area contributed by atoms with Gasteiger partial charge in [0.05, 0.1) is 24.7 Å². The number of rotatable bonds is 10. The van der Waals surface area contributed by atoms with Gasteiger partial charge in [-0.2, -0.15) is 0 Å². The topological polar surface area (TPSA) is 37.8 Å². The van der Waals surface area contributed by atoms with Gasteiger partial charge in [-0.1, -0.05) is 30.3 Å². The third kappa shape index (κ3) is 5.99. The Kier molecular flexibility index (Phi) is 7.65. The first kappa shape index (κ1) is 21.2. The van der Waals surface area contributed by atoms with Crippen molar-refractivity contribution in [3.63, 3.8) is 0 Å². The van der Waals surface area contributed by atoms with Gasteiger partial charge in [0, 0.05) is 31.8 Å². The first-order valence-corrected chi connectivity index (χ1v) is 11.2. The van der Waals surface area contributed by atoms with Gasteiger partial charge in [0.2, 0.25) is 0 Å². The molecule has 0 aliphatic carbocycles. The number of nitrogens with zero attached hydrogens (tertiary/aromatic N) is 3. The van der Waals surface area contributed by atoms with Gasteiger partial charge in [0.15, 0.2) is 7.98 Å². The van der Waals surface area contributed by atoms with E-state index < -0.39 is 0 Å². The molecule has 2 radical (unpaired) electrons. The van der Waals surface area contributed by atoms with E-state index in [0.717, 1.165) is 62.9 Å². The van der Waals surface area contributed by atoms with E-state index in [4.69, 9.17) is 17.5 Å². The highest BCUT2D eigenvalue weighted by atomic mass is 16.5. The van der Waals surface area contributed by atoms with Gasteiger partial charge in [0.25, 0.3) is 0 Å². The van der Waals surface area contributed by atoms with E-state index in [0.29, 0.717) is 19.3 Å². The average Bonchev–Trinajstić information content (AvgIpc) is 3.42. The first-order chi connectivity index (χ1) is 14.8. The molecule has 4 rings (SSSR count). The third-order valence-corrected chi connectivity index (χ3v) is 6.23. The highest BCUT2D eigenvalue weighted by Gasteiger charge is 2.24. The Hall–Kier alpha value is -2.05. The zero-order chi connectivity index (χ0) is 20.6. The molecule has 30 heavy (non-hydrogen) atoms. The highest BCUT2D eigenvalue weighted by Crippen LogP contribution is 2.28. The molecule has 1 aromatic heterocycles. The molecule has 2 aromatic rings. The van der Waals surface area contributed by atoms with Crippen molar-refractivity contribution in [2.45, 2.75) is 44.8 Å². The van der Waals surface area contributed by atoms with Gasteiger partial charge < -0.3 is 19.2 Å². The second-order valence-electron chi connectivity index (χ2n) is 8.50. The van der Waals surface area contributed by atoms with Crippen LogP contribution in [0.3, 0.4) is 0 Å². The lowest BCUT2D eigenvalue weighted by Gasteiger charge is -2.22. The van der Waals surface area contributed by atoms with Crippen molar-refractivity contribution >= 4 is 13.7 Å². The molecule has 0 N–H and O–H groups in total. The van der Waals surface area contributed by atoms with E-state index in [9.17, 15) is 0 Å². The largest absolute Gasteiger partial charge is 0.490 e. The van der Waals surface area contributed by atoms with Gasteiger partial charge in [-0.3, -0.25) is 4.98 Å². The standard InChI is InChI=1S/C24H32BN3O2/c25-28-11-4-9-22(28)19-30-24-14-23(15-26-16-24)27-12-10-20(17-27)8-5-13-29-18-21-6-2-1-3-7-21/h1-3,6-7,14-16,20,22H,4-5,8-13,17-19H2/t20-,22+/m1/s1. The number of benzene rings is 1. The molecule has 0 amide bonds. The number of hydrogen-bond acceptors (Lipinski definition) is 5.